The first kappa shape index (κ1) is 17.3. The predicted molar refractivity (Wildman–Crippen MR) is 97.1 cm³/mol. The Hall–Kier alpha value is -2.12. The van der Waals surface area contributed by atoms with Gasteiger partial charge in [0.05, 0.1) is 30.9 Å². The van der Waals surface area contributed by atoms with Crippen LogP contribution in [0, 0.1) is 5.92 Å². The average Bonchev–Trinajstić information content (AvgIpc) is 3.35. The molecule has 1 aliphatic carbocycles. The van der Waals surface area contributed by atoms with Gasteiger partial charge < -0.3 is 19.4 Å². The molecule has 2 aliphatic rings. The van der Waals surface area contributed by atoms with Gasteiger partial charge in [-0.3, -0.25) is 9.59 Å². The van der Waals surface area contributed by atoms with Gasteiger partial charge >= 0.3 is 0 Å². The Bertz CT molecular complexity index is 778. The van der Waals surface area contributed by atoms with Crippen molar-refractivity contribution in [2.45, 2.75) is 25.8 Å². The van der Waals surface area contributed by atoms with Crippen molar-refractivity contribution in [3.63, 3.8) is 0 Å². The summed E-state index contributed by atoms with van der Waals surface area (Å²) in [5, 5.41) is 2.95. The Morgan fingerprint density at radius 3 is 2.92 bits per heavy atom. The van der Waals surface area contributed by atoms with Crippen LogP contribution in [0.15, 0.2) is 28.9 Å². The molecule has 0 aromatic carbocycles. The van der Waals surface area contributed by atoms with Gasteiger partial charge in [-0.15, -0.1) is 11.3 Å². The number of aryl methyl sites for hydroxylation is 1. The fraction of sp³-hybridized carbons (Fsp3) is 0.474. The molecule has 0 unspecified atom stereocenters. The zero-order valence-electron chi connectivity index (χ0n) is 14.5. The molecular formula is C19H22N2O4S. The number of rotatable bonds is 4. The van der Waals surface area contributed by atoms with Crippen LogP contribution in [0.1, 0.15) is 32.3 Å². The maximum absolute atomic E-state index is 12.7. The number of ether oxygens (including phenoxy) is 1. The molecule has 6 nitrogen and oxygen atoms in total. The van der Waals surface area contributed by atoms with E-state index in [-0.39, 0.29) is 17.7 Å². The smallest absolute Gasteiger partial charge is 0.264 e. The molecule has 26 heavy (non-hydrogen) atoms. The van der Waals surface area contributed by atoms with E-state index in [1.165, 1.54) is 4.88 Å². The van der Waals surface area contributed by atoms with E-state index in [0.29, 0.717) is 39.3 Å². The Labute approximate surface area is 156 Å². The molecule has 2 aromatic rings. The summed E-state index contributed by atoms with van der Waals surface area (Å²) in [5.41, 5.74) is 1.15. The van der Waals surface area contributed by atoms with Gasteiger partial charge in [0, 0.05) is 23.9 Å². The SMILES string of the molecule is O=C(NCc1ccco1)[C@@H]1CCc2sc(C(=O)N3CCOCC3)cc2C1. The van der Waals surface area contributed by atoms with Crippen molar-refractivity contribution < 1.29 is 18.7 Å². The first-order chi connectivity index (χ1) is 12.7. The lowest BCUT2D eigenvalue weighted by atomic mass is 9.87. The molecule has 1 aliphatic heterocycles. The summed E-state index contributed by atoms with van der Waals surface area (Å²) in [4.78, 5) is 29.0. The second-order valence-corrected chi connectivity index (χ2v) is 7.84. The van der Waals surface area contributed by atoms with Gasteiger partial charge in [-0.05, 0) is 43.0 Å². The molecule has 2 amide bonds. The van der Waals surface area contributed by atoms with E-state index < -0.39 is 0 Å². The van der Waals surface area contributed by atoms with Gasteiger partial charge in [-0.25, -0.2) is 0 Å². The second kappa shape index (κ2) is 7.63. The van der Waals surface area contributed by atoms with E-state index in [2.05, 4.69) is 5.32 Å². The highest BCUT2D eigenvalue weighted by atomic mass is 32.1. The molecule has 0 saturated carbocycles. The first-order valence-corrected chi connectivity index (χ1v) is 9.81. The van der Waals surface area contributed by atoms with Crippen molar-refractivity contribution in [1.29, 1.82) is 0 Å². The van der Waals surface area contributed by atoms with Crippen LogP contribution >= 0.6 is 11.3 Å². The van der Waals surface area contributed by atoms with E-state index in [4.69, 9.17) is 9.15 Å². The fourth-order valence-electron chi connectivity index (χ4n) is 3.51. The summed E-state index contributed by atoms with van der Waals surface area (Å²) in [5.74, 6) is 0.855. The van der Waals surface area contributed by atoms with E-state index >= 15 is 0 Å². The van der Waals surface area contributed by atoms with Crippen molar-refractivity contribution in [2.75, 3.05) is 26.3 Å². The topological polar surface area (TPSA) is 71.8 Å². The number of nitrogens with one attached hydrogen (secondary N) is 1. The number of thiophene rings is 1. The number of amides is 2. The van der Waals surface area contributed by atoms with Gasteiger partial charge in [-0.1, -0.05) is 0 Å². The van der Waals surface area contributed by atoms with Crippen LogP contribution in [-0.2, 0) is 28.9 Å². The van der Waals surface area contributed by atoms with Gasteiger partial charge in [0.25, 0.3) is 5.91 Å². The van der Waals surface area contributed by atoms with E-state index in [0.717, 1.165) is 29.0 Å². The van der Waals surface area contributed by atoms with Crippen LogP contribution in [-0.4, -0.2) is 43.0 Å². The molecule has 4 rings (SSSR count). The molecule has 3 heterocycles. The molecule has 0 spiro atoms. The van der Waals surface area contributed by atoms with Crippen LogP contribution < -0.4 is 5.32 Å². The number of hydrogen-bond donors (Lipinski definition) is 1. The summed E-state index contributed by atoms with van der Waals surface area (Å²) in [6.07, 6.45) is 3.98. The van der Waals surface area contributed by atoms with Gasteiger partial charge in [-0.2, -0.15) is 0 Å². The average molecular weight is 374 g/mol. The Morgan fingerprint density at radius 1 is 1.31 bits per heavy atom. The lowest BCUT2D eigenvalue weighted by molar-refractivity contribution is -0.125. The number of fused-ring (bicyclic) bond motifs is 1. The molecule has 1 saturated heterocycles. The first-order valence-electron chi connectivity index (χ1n) is 8.99. The minimum absolute atomic E-state index is 0.0431. The largest absolute Gasteiger partial charge is 0.467 e. The maximum Gasteiger partial charge on any atom is 0.264 e. The highest BCUT2D eigenvalue weighted by molar-refractivity contribution is 7.14. The number of hydrogen-bond acceptors (Lipinski definition) is 5. The number of nitrogens with zero attached hydrogens (tertiary/aromatic N) is 1. The quantitative estimate of drug-likeness (QED) is 0.891. The van der Waals surface area contributed by atoms with Crippen LogP contribution in [0.25, 0.3) is 0 Å². The number of carbonyl (C=O) groups is 2. The lowest BCUT2D eigenvalue weighted by Gasteiger charge is -2.26. The highest BCUT2D eigenvalue weighted by Gasteiger charge is 2.28. The number of furan rings is 1. The zero-order chi connectivity index (χ0) is 17.9. The predicted octanol–water partition coefficient (Wildman–Crippen LogP) is 2.23. The van der Waals surface area contributed by atoms with Crippen LogP contribution in [0.2, 0.25) is 0 Å². The van der Waals surface area contributed by atoms with Crippen LogP contribution in [0.5, 0.6) is 0 Å². The third-order valence-electron chi connectivity index (χ3n) is 4.98. The van der Waals surface area contributed by atoms with Crippen LogP contribution in [0.3, 0.4) is 0 Å². The molecule has 2 aromatic heterocycles. The summed E-state index contributed by atoms with van der Waals surface area (Å²) in [7, 11) is 0. The van der Waals surface area contributed by atoms with E-state index in [1.807, 2.05) is 23.1 Å². The normalized spacial score (nSPS) is 19.8. The summed E-state index contributed by atoms with van der Waals surface area (Å²) < 4.78 is 10.6. The van der Waals surface area contributed by atoms with Crippen molar-refractivity contribution >= 4 is 23.2 Å². The molecule has 1 atom stereocenters. The maximum atomic E-state index is 12.7. The van der Waals surface area contributed by atoms with Crippen LogP contribution in [0.4, 0.5) is 0 Å². The number of carbonyl (C=O) groups excluding carboxylic acids is 2. The summed E-state index contributed by atoms with van der Waals surface area (Å²) in [6, 6.07) is 5.65. The Morgan fingerprint density at radius 2 is 2.15 bits per heavy atom. The molecule has 1 fully saturated rings. The minimum Gasteiger partial charge on any atom is -0.467 e. The standard InChI is InChI=1S/C19H22N2O4S/c22-18(20-12-15-2-1-7-25-15)13-3-4-16-14(10-13)11-17(26-16)19(23)21-5-8-24-9-6-21/h1-2,7,11,13H,3-6,8-10,12H2,(H,20,22)/t13-/m1/s1. The van der Waals surface area contributed by atoms with Crippen molar-refractivity contribution in [1.82, 2.24) is 10.2 Å². The minimum atomic E-state index is -0.0431. The van der Waals surface area contributed by atoms with Crippen molar-refractivity contribution in [2.24, 2.45) is 5.92 Å². The second-order valence-electron chi connectivity index (χ2n) is 6.70. The fourth-order valence-corrected chi connectivity index (χ4v) is 4.68. The summed E-state index contributed by atoms with van der Waals surface area (Å²) in [6.45, 7) is 2.93. The van der Waals surface area contributed by atoms with Gasteiger partial charge in [0.2, 0.25) is 5.91 Å². The zero-order valence-corrected chi connectivity index (χ0v) is 15.3. The Balaban J connectivity index is 1.38. The molecule has 0 radical (unpaired) electrons. The van der Waals surface area contributed by atoms with E-state index in [1.54, 1.807) is 17.6 Å². The molecular weight excluding hydrogens is 352 g/mol. The third kappa shape index (κ3) is 3.68. The molecule has 138 valence electrons. The van der Waals surface area contributed by atoms with E-state index in [9.17, 15) is 9.59 Å². The molecule has 7 heteroatoms. The van der Waals surface area contributed by atoms with Gasteiger partial charge in [0.15, 0.2) is 0 Å². The lowest BCUT2D eigenvalue weighted by Crippen LogP contribution is -2.40. The van der Waals surface area contributed by atoms with Crippen molar-refractivity contribution in [3.8, 4) is 0 Å². The Kier molecular flexibility index (Phi) is 5.08. The highest BCUT2D eigenvalue weighted by Crippen LogP contribution is 2.33. The monoisotopic (exact) mass is 374 g/mol. The number of morpholine rings is 1. The van der Waals surface area contributed by atoms with Gasteiger partial charge in [0.1, 0.15) is 5.76 Å². The third-order valence-corrected chi connectivity index (χ3v) is 6.20. The van der Waals surface area contributed by atoms with Crippen molar-refractivity contribution in [3.05, 3.63) is 45.5 Å². The molecule has 0 bridgehead atoms. The summed E-state index contributed by atoms with van der Waals surface area (Å²) >= 11 is 1.58. The molecule has 1 N–H and O–H groups in total.